The first-order valence-electron chi connectivity index (χ1n) is 7.10. The number of anilines is 1. The van der Waals surface area contributed by atoms with Gasteiger partial charge in [0.2, 0.25) is 0 Å². The lowest BCUT2D eigenvalue weighted by Crippen LogP contribution is -2.14. The van der Waals surface area contributed by atoms with Crippen molar-refractivity contribution in [3.05, 3.63) is 60.4 Å². The molecule has 0 unspecified atom stereocenters. The van der Waals surface area contributed by atoms with Gasteiger partial charge in [-0.3, -0.25) is 9.78 Å². The summed E-state index contributed by atoms with van der Waals surface area (Å²) in [6.45, 7) is 0. The number of fused-ring (bicyclic) bond motifs is 1. The Hall–Kier alpha value is -3.08. The van der Waals surface area contributed by atoms with Gasteiger partial charge in [-0.2, -0.15) is 0 Å². The lowest BCUT2D eigenvalue weighted by Gasteiger charge is -2.11. The molecule has 0 aliphatic carbocycles. The highest BCUT2D eigenvalue weighted by molar-refractivity contribution is 6.11. The molecule has 1 amide bonds. The highest BCUT2D eigenvalue weighted by Gasteiger charge is 2.13. The van der Waals surface area contributed by atoms with E-state index >= 15 is 0 Å². The van der Waals surface area contributed by atoms with E-state index in [0.29, 0.717) is 22.9 Å². The zero-order chi connectivity index (χ0) is 16.2. The summed E-state index contributed by atoms with van der Waals surface area (Å²) in [7, 11) is 3.12. The summed E-state index contributed by atoms with van der Waals surface area (Å²) < 4.78 is 10.4. The van der Waals surface area contributed by atoms with E-state index in [2.05, 4.69) is 10.3 Å². The van der Waals surface area contributed by atoms with Crippen LogP contribution in [0.25, 0.3) is 10.8 Å². The van der Waals surface area contributed by atoms with E-state index in [1.54, 1.807) is 38.6 Å². The predicted octanol–water partition coefficient (Wildman–Crippen LogP) is 3.50. The van der Waals surface area contributed by atoms with Crippen LogP contribution in [0, 0.1) is 0 Å². The lowest BCUT2D eigenvalue weighted by atomic mass is 10.1. The molecule has 1 N–H and O–H groups in total. The van der Waals surface area contributed by atoms with Crippen LogP contribution in [-0.2, 0) is 0 Å². The molecule has 3 aromatic rings. The minimum Gasteiger partial charge on any atom is -0.493 e. The van der Waals surface area contributed by atoms with Gasteiger partial charge < -0.3 is 14.8 Å². The Balaban J connectivity index is 1.92. The van der Waals surface area contributed by atoms with E-state index in [-0.39, 0.29) is 5.91 Å². The van der Waals surface area contributed by atoms with Crippen LogP contribution in [0.15, 0.2) is 54.7 Å². The van der Waals surface area contributed by atoms with Crippen LogP contribution in [0.2, 0.25) is 0 Å². The Labute approximate surface area is 133 Å². The normalized spacial score (nSPS) is 10.3. The zero-order valence-corrected chi connectivity index (χ0v) is 12.9. The van der Waals surface area contributed by atoms with Gasteiger partial charge >= 0.3 is 0 Å². The minimum atomic E-state index is -0.269. The second-order valence-electron chi connectivity index (χ2n) is 4.90. The number of carbonyl (C=O) groups is 1. The summed E-state index contributed by atoms with van der Waals surface area (Å²) in [5, 5.41) is 4.62. The number of hydrogen-bond acceptors (Lipinski definition) is 4. The summed E-state index contributed by atoms with van der Waals surface area (Å²) >= 11 is 0. The molecular weight excluding hydrogens is 292 g/mol. The zero-order valence-electron chi connectivity index (χ0n) is 12.9. The summed E-state index contributed by atoms with van der Waals surface area (Å²) in [4.78, 5) is 16.7. The molecule has 5 heteroatoms. The van der Waals surface area contributed by atoms with Crippen molar-refractivity contribution in [2.45, 2.75) is 0 Å². The molecular formula is C18H16N2O3. The average molecular weight is 308 g/mol. The molecule has 0 radical (unpaired) electrons. The van der Waals surface area contributed by atoms with Gasteiger partial charge in [0.1, 0.15) is 5.69 Å². The van der Waals surface area contributed by atoms with Gasteiger partial charge in [0, 0.05) is 23.3 Å². The predicted molar refractivity (Wildman–Crippen MR) is 89.2 cm³/mol. The van der Waals surface area contributed by atoms with Gasteiger partial charge in [0.15, 0.2) is 11.5 Å². The van der Waals surface area contributed by atoms with Crippen molar-refractivity contribution in [2.75, 3.05) is 19.5 Å². The number of nitrogens with one attached hydrogen (secondary N) is 1. The molecule has 0 saturated heterocycles. The second-order valence-corrected chi connectivity index (χ2v) is 4.90. The van der Waals surface area contributed by atoms with Gasteiger partial charge in [-0.05, 0) is 23.6 Å². The van der Waals surface area contributed by atoms with Gasteiger partial charge in [0.25, 0.3) is 5.91 Å². The third-order valence-corrected chi connectivity index (χ3v) is 3.53. The first-order valence-corrected chi connectivity index (χ1v) is 7.10. The highest BCUT2D eigenvalue weighted by Crippen LogP contribution is 2.30. The van der Waals surface area contributed by atoms with Crippen LogP contribution in [0.4, 0.5) is 5.69 Å². The van der Waals surface area contributed by atoms with Crippen LogP contribution in [0.3, 0.4) is 0 Å². The summed E-state index contributed by atoms with van der Waals surface area (Å²) in [5.41, 5.74) is 1.00. The molecule has 0 aliphatic rings. The van der Waals surface area contributed by atoms with E-state index in [1.807, 2.05) is 30.3 Å². The molecule has 3 rings (SSSR count). The lowest BCUT2D eigenvalue weighted by molar-refractivity contribution is 0.102. The van der Waals surface area contributed by atoms with E-state index < -0.39 is 0 Å². The van der Waals surface area contributed by atoms with Crippen molar-refractivity contribution in [3.8, 4) is 11.5 Å². The number of carbonyl (C=O) groups excluding carboxylic acids is 1. The van der Waals surface area contributed by atoms with Crippen LogP contribution in [0.1, 0.15) is 10.5 Å². The number of pyridine rings is 1. The molecule has 1 heterocycles. The minimum absolute atomic E-state index is 0.269. The molecule has 2 aromatic carbocycles. The number of ether oxygens (including phenoxy) is 2. The fraction of sp³-hybridized carbons (Fsp3) is 0.111. The van der Waals surface area contributed by atoms with Crippen LogP contribution in [-0.4, -0.2) is 25.1 Å². The molecule has 1 aromatic heterocycles. The van der Waals surface area contributed by atoms with Crippen molar-refractivity contribution in [2.24, 2.45) is 0 Å². The second kappa shape index (κ2) is 6.36. The fourth-order valence-electron chi connectivity index (χ4n) is 2.40. The Morgan fingerprint density at radius 1 is 1.00 bits per heavy atom. The van der Waals surface area contributed by atoms with Gasteiger partial charge in [-0.15, -0.1) is 0 Å². The molecule has 23 heavy (non-hydrogen) atoms. The van der Waals surface area contributed by atoms with Gasteiger partial charge in [-0.1, -0.05) is 24.3 Å². The number of methoxy groups -OCH3 is 2. The molecule has 116 valence electrons. The summed E-state index contributed by atoms with van der Waals surface area (Å²) in [5.74, 6) is 0.888. The van der Waals surface area contributed by atoms with Crippen LogP contribution in [0.5, 0.6) is 11.5 Å². The Kier molecular flexibility index (Phi) is 4.10. The van der Waals surface area contributed by atoms with E-state index in [4.69, 9.17) is 9.47 Å². The van der Waals surface area contributed by atoms with E-state index in [1.165, 1.54) is 0 Å². The Morgan fingerprint density at radius 2 is 1.78 bits per heavy atom. The molecule has 0 bridgehead atoms. The van der Waals surface area contributed by atoms with Crippen molar-refractivity contribution in [1.82, 2.24) is 4.98 Å². The number of nitrogens with zero attached hydrogens (tertiary/aromatic N) is 1. The van der Waals surface area contributed by atoms with Crippen molar-refractivity contribution in [1.29, 1.82) is 0 Å². The SMILES string of the molecule is COc1ccc(NC(=O)c2nccc3ccccc23)cc1OC. The fourth-order valence-corrected chi connectivity index (χ4v) is 2.40. The smallest absolute Gasteiger partial charge is 0.274 e. The third-order valence-electron chi connectivity index (χ3n) is 3.53. The number of hydrogen-bond donors (Lipinski definition) is 1. The van der Waals surface area contributed by atoms with Gasteiger partial charge in [-0.25, -0.2) is 0 Å². The molecule has 0 fully saturated rings. The maximum absolute atomic E-state index is 12.5. The monoisotopic (exact) mass is 308 g/mol. The molecule has 0 saturated carbocycles. The van der Waals surface area contributed by atoms with Crippen molar-refractivity contribution >= 4 is 22.4 Å². The van der Waals surface area contributed by atoms with E-state index in [9.17, 15) is 4.79 Å². The van der Waals surface area contributed by atoms with E-state index in [0.717, 1.165) is 10.8 Å². The number of amides is 1. The molecule has 5 nitrogen and oxygen atoms in total. The van der Waals surface area contributed by atoms with Gasteiger partial charge in [0.05, 0.1) is 14.2 Å². The maximum Gasteiger partial charge on any atom is 0.274 e. The first-order chi connectivity index (χ1) is 11.2. The molecule has 0 spiro atoms. The molecule has 0 aliphatic heterocycles. The summed E-state index contributed by atoms with van der Waals surface area (Å²) in [6.07, 6.45) is 1.63. The molecule has 0 atom stereocenters. The summed E-state index contributed by atoms with van der Waals surface area (Å²) in [6, 6.07) is 14.7. The number of aromatic nitrogens is 1. The topological polar surface area (TPSA) is 60.5 Å². The van der Waals surface area contributed by atoms with Crippen molar-refractivity contribution < 1.29 is 14.3 Å². The third kappa shape index (κ3) is 2.94. The van der Waals surface area contributed by atoms with Crippen LogP contribution < -0.4 is 14.8 Å². The number of benzene rings is 2. The highest BCUT2D eigenvalue weighted by atomic mass is 16.5. The average Bonchev–Trinajstić information content (AvgIpc) is 2.61. The number of rotatable bonds is 4. The first kappa shape index (κ1) is 14.8. The Bertz CT molecular complexity index is 857. The quantitative estimate of drug-likeness (QED) is 0.801. The standard InChI is InChI=1S/C18H16N2O3/c1-22-15-8-7-13(11-16(15)23-2)20-18(21)17-14-6-4-3-5-12(14)9-10-19-17/h3-11H,1-2H3,(H,20,21). The van der Waals surface area contributed by atoms with Crippen LogP contribution >= 0.6 is 0 Å². The van der Waals surface area contributed by atoms with Crippen molar-refractivity contribution in [3.63, 3.8) is 0 Å². The maximum atomic E-state index is 12.5. The largest absolute Gasteiger partial charge is 0.493 e. The Morgan fingerprint density at radius 3 is 2.57 bits per heavy atom.